The van der Waals surface area contributed by atoms with E-state index in [1.165, 1.54) is 42.5 Å². The Morgan fingerprint density at radius 2 is 1.65 bits per heavy atom. The lowest BCUT2D eigenvalue weighted by Crippen LogP contribution is -2.39. The molecule has 0 bridgehead atoms. The molecule has 7 nitrogen and oxygen atoms in total. The first kappa shape index (κ1) is 16.0. The second kappa shape index (κ2) is 6.61. The van der Waals surface area contributed by atoms with E-state index in [-0.39, 0.29) is 11.3 Å². The van der Waals surface area contributed by atoms with Crippen LogP contribution in [0.3, 0.4) is 0 Å². The molecule has 3 amide bonds. The Kier molecular flexibility index (Phi) is 4.61. The first-order valence-electron chi connectivity index (χ1n) is 6.68. The molecule has 2 rings (SSSR count). The number of amides is 3. The molecule has 0 aromatic heterocycles. The highest BCUT2D eigenvalue weighted by atomic mass is 16.3. The molecule has 0 aliphatic carbocycles. The van der Waals surface area contributed by atoms with Gasteiger partial charge in [-0.1, -0.05) is 0 Å². The van der Waals surface area contributed by atoms with Gasteiger partial charge in [-0.15, -0.1) is 0 Å². The topological polar surface area (TPSA) is 122 Å². The number of imide groups is 1. The van der Waals surface area contributed by atoms with Crippen LogP contribution in [0.4, 0.5) is 11.4 Å². The summed E-state index contributed by atoms with van der Waals surface area (Å²) in [6, 6.07) is 10.2. The van der Waals surface area contributed by atoms with Crippen LogP contribution in [0.15, 0.2) is 42.5 Å². The Labute approximate surface area is 132 Å². The Bertz CT molecular complexity index is 769. The monoisotopic (exact) mass is 313 g/mol. The summed E-state index contributed by atoms with van der Waals surface area (Å²) >= 11 is 0. The van der Waals surface area contributed by atoms with Gasteiger partial charge in [0, 0.05) is 16.9 Å². The van der Waals surface area contributed by atoms with Crippen molar-refractivity contribution in [3.63, 3.8) is 0 Å². The van der Waals surface area contributed by atoms with Gasteiger partial charge in [0.05, 0.1) is 0 Å². The van der Waals surface area contributed by atoms with Gasteiger partial charge in [0.25, 0.3) is 5.91 Å². The van der Waals surface area contributed by atoms with E-state index in [0.29, 0.717) is 16.9 Å². The van der Waals surface area contributed by atoms with E-state index in [9.17, 15) is 19.5 Å². The van der Waals surface area contributed by atoms with Crippen molar-refractivity contribution in [3.05, 3.63) is 53.6 Å². The number of rotatable bonds is 2. The molecule has 0 unspecified atom stereocenters. The van der Waals surface area contributed by atoms with E-state index in [2.05, 4.69) is 5.32 Å². The lowest BCUT2D eigenvalue weighted by Gasteiger charge is -2.08. The van der Waals surface area contributed by atoms with Gasteiger partial charge >= 0.3 is 11.8 Å². The van der Waals surface area contributed by atoms with Crippen molar-refractivity contribution in [2.75, 3.05) is 11.1 Å². The van der Waals surface area contributed by atoms with E-state index >= 15 is 0 Å². The molecule has 0 saturated heterocycles. The summed E-state index contributed by atoms with van der Waals surface area (Å²) in [5.41, 5.74) is 7.14. The number of nitrogens with two attached hydrogens (primary N) is 1. The van der Waals surface area contributed by atoms with Crippen molar-refractivity contribution in [3.8, 4) is 5.75 Å². The number of anilines is 2. The average Bonchev–Trinajstić information content (AvgIpc) is 2.50. The highest BCUT2D eigenvalue weighted by molar-refractivity contribution is 6.42. The molecule has 0 heterocycles. The van der Waals surface area contributed by atoms with E-state index in [1.54, 1.807) is 6.92 Å². The molecular weight excluding hydrogens is 298 g/mol. The molecule has 5 N–H and O–H groups in total. The number of carbonyl (C=O) groups is 3. The van der Waals surface area contributed by atoms with Gasteiger partial charge in [-0.25, -0.2) is 0 Å². The number of nitrogens with one attached hydrogen (secondary N) is 2. The number of hydrogen-bond acceptors (Lipinski definition) is 5. The van der Waals surface area contributed by atoms with Crippen molar-refractivity contribution in [1.82, 2.24) is 5.32 Å². The fraction of sp³-hybridized carbons (Fsp3) is 0.0625. The number of phenols is 1. The third-order valence-corrected chi connectivity index (χ3v) is 3.06. The zero-order valence-electron chi connectivity index (χ0n) is 12.3. The van der Waals surface area contributed by atoms with Crippen LogP contribution < -0.4 is 16.4 Å². The minimum absolute atomic E-state index is 0.0449. The number of benzene rings is 2. The highest BCUT2D eigenvalue weighted by Crippen LogP contribution is 2.19. The highest BCUT2D eigenvalue weighted by Gasteiger charge is 2.18. The lowest BCUT2D eigenvalue weighted by atomic mass is 10.2. The van der Waals surface area contributed by atoms with Crippen molar-refractivity contribution < 1.29 is 19.5 Å². The summed E-state index contributed by atoms with van der Waals surface area (Å²) in [5.74, 6) is -2.72. The van der Waals surface area contributed by atoms with Crippen LogP contribution in [0.5, 0.6) is 5.75 Å². The summed E-state index contributed by atoms with van der Waals surface area (Å²) in [6.45, 7) is 1.66. The van der Waals surface area contributed by atoms with Crippen molar-refractivity contribution >= 4 is 29.1 Å². The minimum atomic E-state index is -1.08. The van der Waals surface area contributed by atoms with Gasteiger partial charge in [-0.3, -0.25) is 19.7 Å². The maximum Gasteiger partial charge on any atom is 0.316 e. The molecule has 7 heteroatoms. The molecule has 0 aliphatic heterocycles. The molecule has 0 radical (unpaired) electrons. The fourth-order valence-electron chi connectivity index (χ4n) is 1.83. The standard InChI is InChI=1S/C16H15N3O4/c1-9-8-12(20)6-7-13(9)18-15(22)16(23)19-14(21)10-2-4-11(17)5-3-10/h2-8,20H,17H2,1H3,(H,18,22)(H,19,21,23). The second-order valence-electron chi connectivity index (χ2n) is 4.86. The summed E-state index contributed by atoms with van der Waals surface area (Å²) in [4.78, 5) is 35.4. The molecule has 2 aromatic carbocycles. The smallest absolute Gasteiger partial charge is 0.316 e. The van der Waals surface area contributed by atoms with Crippen LogP contribution in [0.1, 0.15) is 15.9 Å². The fourth-order valence-corrected chi connectivity index (χ4v) is 1.83. The van der Waals surface area contributed by atoms with Crippen LogP contribution >= 0.6 is 0 Å². The number of nitrogen functional groups attached to an aromatic ring is 1. The largest absolute Gasteiger partial charge is 0.508 e. The van der Waals surface area contributed by atoms with Crippen LogP contribution in [0.25, 0.3) is 0 Å². The van der Waals surface area contributed by atoms with Crippen LogP contribution in [-0.4, -0.2) is 22.8 Å². The van der Waals surface area contributed by atoms with Gasteiger partial charge in [-0.05, 0) is 55.0 Å². The van der Waals surface area contributed by atoms with Gasteiger partial charge in [-0.2, -0.15) is 0 Å². The first-order valence-corrected chi connectivity index (χ1v) is 6.68. The molecular formula is C16H15N3O4. The maximum atomic E-state index is 11.8. The zero-order valence-corrected chi connectivity index (χ0v) is 12.3. The Hall–Kier alpha value is -3.35. The van der Waals surface area contributed by atoms with Gasteiger partial charge in [0.15, 0.2) is 0 Å². The van der Waals surface area contributed by atoms with Crippen LogP contribution in [0, 0.1) is 6.92 Å². The quantitative estimate of drug-likeness (QED) is 0.377. The van der Waals surface area contributed by atoms with Crippen molar-refractivity contribution in [1.29, 1.82) is 0 Å². The molecule has 118 valence electrons. The van der Waals surface area contributed by atoms with Gasteiger partial charge in [0.2, 0.25) is 0 Å². The summed E-state index contributed by atoms with van der Waals surface area (Å²) in [7, 11) is 0. The molecule has 0 atom stereocenters. The summed E-state index contributed by atoms with van der Waals surface area (Å²) in [6.07, 6.45) is 0. The third kappa shape index (κ3) is 4.07. The van der Waals surface area contributed by atoms with Crippen molar-refractivity contribution in [2.45, 2.75) is 6.92 Å². The third-order valence-electron chi connectivity index (χ3n) is 3.06. The van der Waals surface area contributed by atoms with Crippen LogP contribution in [0.2, 0.25) is 0 Å². The predicted octanol–water partition coefficient (Wildman–Crippen LogP) is 1.18. The minimum Gasteiger partial charge on any atom is -0.508 e. The predicted molar refractivity (Wildman–Crippen MR) is 84.8 cm³/mol. The molecule has 0 aliphatic rings. The number of hydrogen-bond donors (Lipinski definition) is 4. The van der Waals surface area contributed by atoms with E-state index in [4.69, 9.17) is 5.73 Å². The number of aryl methyl sites for hydroxylation is 1. The normalized spacial score (nSPS) is 9.96. The zero-order chi connectivity index (χ0) is 17.0. The molecule has 23 heavy (non-hydrogen) atoms. The maximum absolute atomic E-state index is 11.8. The first-order chi connectivity index (χ1) is 10.9. The summed E-state index contributed by atoms with van der Waals surface area (Å²) < 4.78 is 0. The molecule has 2 aromatic rings. The van der Waals surface area contributed by atoms with Gasteiger partial charge in [0.1, 0.15) is 5.75 Å². The molecule has 0 saturated carbocycles. The Morgan fingerprint density at radius 3 is 2.26 bits per heavy atom. The second-order valence-corrected chi connectivity index (χ2v) is 4.86. The summed E-state index contributed by atoms with van der Waals surface area (Å²) in [5, 5.41) is 13.7. The molecule has 0 fully saturated rings. The van der Waals surface area contributed by atoms with E-state index in [0.717, 1.165) is 0 Å². The average molecular weight is 313 g/mol. The van der Waals surface area contributed by atoms with Crippen LogP contribution in [-0.2, 0) is 9.59 Å². The lowest BCUT2D eigenvalue weighted by molar-refractivity contribution is -0.135. The number of carbonyl (C=O) groups excluding carboxylic acids is 3. The number of aromatic hydroxyl groups is 1. The SMILES string of the molecule is Cc1cc(O)ccc1NC(=O)C(=O)NC(=O)c1ccc(N)cc1. The Morgan fingerprint density at radius 1 is 1.00 bits per heavy atom. The molecule has 0 spiro atoms. The van der Waals surface area contributed by atoms with E-state index in [1.807, 2.05) is 5.32 Å². The number of phenolic OH excluding ortho intramolecular Hbond substituents is 1. The van der Waals surface area contributed by atoms with Crippen molar-refractivity contribution in [2.24, 2.45) is 0 Å². The van der Waals surface area contributed by atoms with E-state index < -0.39 is 17.7 Å². The van der Waals surface area contributed by atoms with Gasteiger partial charge < -0.3 is 16.2 Å². The Balaban J connectivity index is 2.01.